The van der Waals surface area contributed by atoms with E-state index < -0.39 is 0 Å². The first-order valence-corrected chi connectivity index (χ1v) is 9.16. The molecule has 1 aromatic carbocycles. The van der Waals surface area contributed by atoms with Gasteiger partial charge in [0.25, 0.3) is 0 Å². The second-order valence-electron chi connectivity index (χ2n) is 6.03. The van der Waals surface area contributed by atoms with E-state index in [0.29, 0.717) is 6.04 Å². The summed E-state index contributed by atoms with van der Waals surface area (Å²) in [5, 5.41) is 3.77. The predicted octanol–water partition coefficient (Wildman–Crippen LogP) is 3.24. The first-order valence-electron chi connectivity index (χ1n) is 7.76. The molecule has 0 aliphatic carbocycles. The van der Waals surface area contributed by atoms with Crippen LogP contribution < -0.4 is 5.32 Å². The van der Waals surface area contributed by atoms with Crippen LogP contribution in [0.25, 0.3) is 0 Å². The zero-order chi connectivity index (χ0) is 14.2. The van der Waals surface area contributed by atoms with Crippen LogP contribution >= 0.6 is 11.8 Å². The van der Waals surface area contributed by atoms with Crippen LogP contribution in [-0.2, 0) is 6.54 Å². The van der Waals surface area contributed by atoms with Gasteiger partial charge >= 0.3 is 0 Å². The van der Waals surface area contributed by atoms with Gasteiger partial charge in [-0.2, -0.15) is 11.8 Å². The van der Waals surface area contributed by atoms with E-state index in [2.05, 4.69) is 53.7 Å². The Morgan fingerprint density at radius 3 is 2.90 bits per heavy atom. The second-order valence-corrected chi connectivity index (χ2v) is 6.94. The van der Waals surface area contributed by atoms with Gasteiger partial charge in [0.15, 0.2) is 0 Å². The van der Waals surface area contributed by atoms with Crippen molar-refractivity contribution in [2.45, 2.75) is 32.4 Å². The van der Waals surface area contributed by atoms with Gasteiger partial charge in [0.05, 0.1) is 0 Å². The molecule has 1 aromatic rings. The third-order valence-electron chi connectivity index (χ3n) is 3.96. The van der Waals surface area contributed by atoms with Crippen molar-refractivity contribution in [2.75, 3.05) is 31.6 Å². The highest BCUT2D eigenvalue weighted by molar-refractivity contribution is 7.98. The maximum absolute atomic E-state index is 3.77. The van der Waals surface area contributed by atoms with Gasteiger partial charge in [-0.25, -0.2) is 0 Å². The van der Waals surface area contributed by atoms with Crippen molar-refractivity contribution < 1.29 is 0 Å². The van der Waals surface area contributed by atoms with Crippen LogP contribution in [0.4, 0.5) is 0 Å². The first kappa shape index (κ1) is 15.9. The SMILES string of the molecule is CSCC(C)CNC1CCCN(Cc2ccccc2)C1. The Balaban J connectivity index is 1.74. The van der Waals surface area contributed by atoms with Gasteiger partial charge in [-0.05, 0) is 49.4 Å². The number of benzene rings is 1. The van der Waals surface area contributed by atoms with Gasteiger partial charge in [0.1, 0.15) is 0 Å². The van der Waals surface area contributed by atoms with Crippen molar-refractivity contribution in [3.63, 3.8) is 0 Å². The highest BCUT2D eigenvalue weighted by Gasteiger charge is 2.19. The second kappa shape index (κ2) is 8.71. The molecule has 1 aliphatic rings. The average Bonchev–Trinajstić information content (AvgIpc) is 2.47. The lowest BCUT2D eigenvalue weighted by molar-refractivity contribution is 0.181. The van der Waals surface area contributed by atoms with E-state index in [0.717, 1.165) is 19.0 Å². The third-order valence-corrected chi connectivity index (χ3v) is 4.86. The minimum absolute atomic E-state index is 0.678. The maximum Gasteiger partial charge on any atom is 0.0234 e. The number of hydrogen-bond donors (Lipinski definition) is 1. The molecule has 2 rings (SSSR count). The van der Waals surface area contributed by atoms with Crippen LogP contribution in [0.15, 0.2) is 30.3 Å². The number of hydrogen-bond acceptors (Lipinski definition) is 3. The molecule has 2 atom stereocenters. The lowest BCUT2D eigenvalue weighted by atomic mass is 10.0. The Hall–Kier alpha value is -0.510. The largest absolute Gasteiger partial charge is 0.312 e. The fourth-order valence-corrected chi connectivity index (χ4v) is 3.61. The van der Waals surface area contributed by atoms with Crippen LogP contribution in [0, 0.1) is 5.92 Å². The average molecular weight is 292 g/mol. The molecule has 3 heteroatoms. The number of nitrogens with zero attached hydrogens (tertiary/aromatic N) is 1. The van der Waals surface area contributed by atoms with Crippen molar-refractivity contribution in [2.24, 2.45) is 5.92 Å². The summed E-state index contributed by atoms with van der Waals surface area (Å²) in [6, 6.07) is 11.5. The maximum atomic E-state index is 3.77. The van der Waals surface area contributed by atoms with Crippen LogP contribution in [0.2, 0.25) is 0 Å². The molecular formula is C17H28N2S. The van der Waals surface area contributed by atoms with Gasteiger partial charge in [0, 0.05) is 19.1 Å². The van der Waals surface area contributed by atoms with Crippen LogP contribution in [0.5, 0.6) is 0 Å². The molecule has 0 spiro atoms. The lowest BCUT2D eigenvalue weighted by Crippen LogP contribution is -2.46. The molecule has 0 saturated carbocycles. The molecule has 1 heterocycles. The molecule has 112 valence electrons. The smallest absolute Gasteiger partial charge is 0.0234 e. The molecule has 1 fully saturated rings. The Morgan fingerprint density at radius 1 is 1.35 bits per heavy atom. The molecule has 20 heavy (non-hydrogen) atoms. The third kappa shape index (κ3) is 5.47. The van der Waals surface area contributed by atoms with E-state index in [1.165, 1.54) is 37.2 Å². The molecule has 1 saturated heterocycles. The van der Waals surface area contributed by atoms with Crippen molar-refractivity contribution in [1.29, 1.82) is 0 Å². The van der Waals surface area contributed by atoms with Crippen molar-refractivity contribution in [1.82, 2.24) is 10.2 Å². The quantitative estimate of drug-likeness (QED) is 0.830. The van der Waals surface area contributed by atoms with Crippen molar-refractivity contribution in [3.05, 3.63) is 35.9 Å². The number of nitrogens with one attached hydrogen (secondary N) is 1. The molecule has 0 bridgehead atoms. The normalized spacial score (nSPS) is 21.8. The fourth-order valence-electron chi connectivity index (χ4n) is 2.92. The number of thioether (sulfide) groups is 1. The Morgan fingerprint density at radius 2 is 2.15 bits per heavy atom. The van der Waals surface area contributed by atoms with Gasteiger partial charge in [-0.3, -0.25) is 4.90 Å². The molecule has 1 N–H and O–H groups in total. The fraction of sp³-hybridized carbons (Fsp3) is 0.647. The molecule has 0 amide bonds. The van der Waals surface area contributed by atoms with Gasteiger partial charge < -0.3 is 5.32 Å². The van der Waals surface area contributed by atoms with Crippen molar-refractivity contribution in [3.8, 4) is 0 Å². The Bertz CT molecular complexity index is 369. The summed E-state index contributed by atoms with van der Waals surface area (Å²) in [7, 11) is 0. The van der Waals surface area contributed by atoms with Crippen LogP contribution in [-0.4, -0.2) is 42.6 Å². The summed E-state index contributed by atoms with van der Waals surface area (Å²) in [4.78, 5) is 2.59. The summed E-state index contributed by atoms with van der Waals surface area (Å²) in [6.45, 7) is 7.03. The summed E-state index contributed by atoms with van der Waals surface area (Å²) < 4.78 is 0. The Kier molecular flexibility index (Phi) is 6.91. The summed E-state index contributed by atoms with van der Waals surface area (Å²) >= 11 is 1.95. The molecule has 1 aliphatic heterocycles. The minimum atomic E-state index is 0.678. The van der Waals surface area contributed by atoms with Crippen LogP contribution in [0.1, 0.15) is 25.3 Å². The zero-order valence-corrected chi connectivity index (χ0v) is 13.7. The topological polar surface area (TPSA) is 15.3 Å². The summed E-state index contributed by atoms with van der Waals surface area (Å²) in [6.07, 6.45) is 4.84. The van der Waals surface area contributed by atoms with Gasteiger partial charge in [-0.1, -0.05) is 37.3 Å². The van der Waals surface area contributed by atoms with E-state index in [1.54, 1.807) is 0 Å². The monoisotopic (exact) mass is 292 g/mol. The molecule has 0 radical (unpaired) electrons. The lowest BCUT2D eigenvalue weighted by Gasteiger charge is -2.33. The van der Waals surface area contributed by atoms with Crippen molar-refractivity contribution >= 4 is 11.8 Å². The minimum Gasteiger partial charge on any atom is -0.312 e. The van der Waals surface area contributed by atoms with Crippen LogP contribution in [0.3, 0.4) is 0 Å². The van der Waals surface area contributed by atoms with E-state index in [-0.39, 0.29) is 0 Å². The van der Waals surface area contributed by atoms with E-state index >= 15 is 0 Å². The molecule has 2 nitrogen and oxygen atoms in total. The van der Waals surface area contributed by atoms with E-state index in [9.17, 15) is 0 Å². The van der Waals surface area contributed by atoms with Gasteiger partial charge in [-0.15, -0.1) is 0 Å². The number of likely N-dealkylation sites (tertiary alicyclic amines) is 1. The standard InChI is InChI=1S/C17H28N2S/c1-15(14-20-2)11-18-17-9-6-10-19(13-17)12-16-7-4-3-5-8-16/h3-5,7-8,15,17-18H,6,9-14H2,1-2H3. The van der Waals surface area contributed by atoms with E-state index in [4.69, 9.17) is 0 Å². The number of rotatable bonds is 7. The number of piperidine rings is 1. The molecule has 0 aromatic heterocycles. The highest BCUT2D eigenvalue weighted by atomic mass is 32.2. The summed E-state index contributed by atoms with van der Waals surface area (Å²) in [5.74, 6) is 2.03. The highest BCUT2D eigenvalue weighted by Crippen LogP contribution is 2.14. The molecule has 2 unspecified atom stereocenters. The van der Waals surface area contributed by atoms with E-state index in [1.807, 2.05) is 11.8 Å². The predicted molar refractivity (Wildman–Crippen MR) is 90.3 cm³/mol. The Labute approximate surface area is 128 Å². The first-order chi connectivity index (χ1) is 9.78. The van der Waals surface area contributed by atoms with Gasteiger partial charge in [0.2, 0.25) is 0 Å². The zero-order valence-electron chi connectivity index (χ0n) is 12.8. The molecular weight excluding hydrogens is 264 g/mol. The summed E-state index contributed by atoms with van der Waals surface area (Å²) in [5.41, 5.74) is 1.43.